The molecule has 0 radical (unpaired) electrons. The Balaban J connectivity index is 1.28. The van der Waals surface area contributed by atoms with E-state index in [1.807, 2.05) is 0 Å². The number of ether oxygens (including phenoxy) is 2. The summed E-state index contributed by atoms with van der Waals surface area (Å²) >= 11 is 30.8. The van der Waals surface area contributed by atoms with E-state index < -0.39 is 47.3 Å². The molecule has 4 N–H and O–H groups in total. The quantitative estimate of drug-likeness (QED) is 0.0333. The van der Waals surface area contributed by atoms with E-state index in [0.29, 0.717) is 39.6 Å². The molecule has 0 aliphatic heterocycles. The van der Waals surface area contributed by atoms with Gasteiger partial charge in [-0.15, -0.1) is 34.8 Å². The average Bonchev–Trinajstić information content (AvgIpc) is 3.29. The maximum Gasteiger partial charge on any atom is 0.258 e. The number of hydrogen-bond donors (Lipinski definition) is 4. The molecule has 67 heavy (non-hydrogen) atoms. The molecule has 2 unspecified atom stereocenters. The molecule has 21 heteroatoms. The first-order valence-corrected chi connectivity index (χ1v) is 22.3. The highest BCUT2D eigenvalue weighted by Gasteiger charge is 2.26. The van der Waals surface area contributed by atoms with Gasteiger partial charge in [-0.1, -0.05) is 47.5 Å². The molecule has 5 aromatic carbocycles. The normalized spacial score (nSPS) is 12.0. The first kappa shape index (κ1) is 51.6. The molecule has 5 rings (SSSR count). The number of hydrogen-bond acceptors (Lipinski definition) is 12. The van der Waals surface area contributed by atoms with Gasteiger partial charge in [0.25, 0.3) is 23.6 Å². The number of ketones is 2. The molecule has 2 atom stereocenters. The number of para-hydroxylation sites is 2. The maximum absolute atomic E-state index is 13.5. The Kier molecular flexibility index (Phi) is 18.8. The number of amides is 4. The third-order valence-corrected chi connectivity index (χ3v) is 10.7. The van der Waals surface area contributed by atoms with Gasteiger partial charge in [-0.05, 0) is 92.6 Å². The van der Waals surface area contributed by atoms with E-state index in [4.69, 9.17) is 67.5 Å². The summed E-state index contributed by atoms with van der Waals surface area (Å²) in [5, 5.41) is 27.2. The number of aryl methyl sites for hydroxylation is 1. The number of methoxy groups -OCH3 is 2. The van der Waals surface area contributed by atoms with Gasteiger partial charge in [-0.2, -0.15) is 20.5 Å². The van der Waals surface area contributed by atoms with Crippen molar-refractivity contribution in [2.24, 2.45) is 20.5 Å². The van der Waals surface area contributed by atoms with Crippen molar-refractivity contribution in [1.29, 1.82) is 0 Å². The van der Waals surface area contributed by atoms with Crippen LogP contribution >= 0.6 is 58.0 Å². The lowest BCUT2D eigenvalue weighted by Gasteiger charge is -2.15. The van der Waals surface area contributed by atoms with Crippen LogP contribution in [0.1, 0.15) is 51.3 Å². The van der Waals surface area contributed by atoms with Gasteiger partial charge in [0.2, 0.25) is 12.1 Å². The molecule has 0 aromatic heterocycles. The van der Waals surface area contributed by atoms with Crippen LogP contribution in [0, 0.1) is 0 Å². The summed E-state index contributed by atoms with van der Waals surface area (Å²) in [5.74, 6) is -2.89. The van der Waals surface area contributed by atoms with E-state index in [9.17, 15) is 28.8 Å². The zero-order chi connectivity index (χ0) is 48.8. The van der Waals surface area contributed by atoms with E-state index in [1.54, 1.807) is 36.4 Å². The molecule has 0 saturated heterocycles. The zero-order valence-electron chi connectivity index (χ0n) is 36.1. The largest absolute Gasteiger partial charge is 0.494 e. The topological polar surface area (TPSA) is 218 Å². The number of rotatable bonds is 20. The molecule has 0 fully saturated rings. The van der Waals surface area contributed by atoms with Crippen LogP contribution in [0.5, 0.6) is 11.5 Å². The number of benzene rings is 5. The van der Waals surface area contributed by atoms with Crippen LogP contribution in [0.3, 0.4) is 0 Å². The van der Waals surface area contributed by atoms with Gasteiger partial charge in [0.15, 0.2) is 11.6 Å². The third kappa shape index (κ3) is 13.8. The second-order valence-electron chi connectivity index (χ2n) is 14.3. The summed E-state index contributed by atoms with van der Waals surface area (Å²) in [4.78, 5) is 78.8. The van der Waals surface area contributed by atoms with E-state index in [1.165, 1.54) is 68.8 Å². The van der Waals surface area contributed by atoms with Crippen LogP contribution in [0.15, 0.2) is 111 Å². The second-order valence-corrected chi connectivity index (χ2v) is 16.1. The smallest absolute Gasteiger partial charge is 0.258 e. The lowest BCUT2D eigenvalue weighted by molar-refractivity contribution is -0.127. The van der Waals surface area contributed by atoms with E-state index in [-0.39, 0.29) is 68.0 Å². The molecule has 0 spiro atoms. The van der Waals surface area contributed by atoms with Crippen molar-refractivity contribution in [2.45, 2.75) is 44.1 Å². The number of carbonyl (C=O) groups is 6. The number of azo groups is 2. The lowest BCUT2D eigenvalue weighted by atomic mass is 10.1. The summed E-state index contributed by atoms with van der Waals surface area (Å²) in [6, 6.07) is 19.8. The van der Waals surface area contributed by atoms with Crippen molar-refractivity contribution >= 4 is 127 Å². The van der Waals surface area contributed by atoms with Crippen LogP contribution in [0.25, 0.3) is 0 Å². The zero-order valence-corrected chi connectivity index (χ0v) is 39.9. The molecule has 0 bridgehead atoms. The van der Waals surface area contributed by atoms with Gasteiger partial charge in [0, 0.05) is 49.6 Å². The Bertz CT molecular complexity index is 2770. The van der Waals surface area contributed by atoms with Gasteiger partial charge in [0.1, 0.15) is 11.5 Å². The van der Waals surface area contributed by atoms with Gasteiger partial charge in [-0.3, -0.25) is 28.8 Å². The van der Waals surface area contributed by atoms with E-state index >= 15 is 0 Å². The SMILES string of the molecule is COc1c(CCl)cccc1NC(=O)c1cc(Cl)cc(N=NC(C(C)=O)C(=O)Nc2ccc(NC(=O)C(N=Nc3cc(Cl)cc(C(=O)Nc4cccc(CCl)c4OC)c3)C(C)=O)c(CCCl)c2)c1. The highest BCUT2D eigenvalue weighted by atomic mass is 35.5. The van der Waals surface area contributed by atoms with Crippen molar-refractivity contribution in [3.8, 4) is 11.5 Å². The number of halogens is 5. The standard InChI is InChI=1S/C46H41Cl5N8O8/c1-24(60)39(58-56-34-18-29(15-31(50)20-34)43(62)54-37-9-5-7-27(22-48)41(37)66-3)45(64)52-33-11-12-36(26(17-33)13-14-47)53-46(65)40(25(2)61)59-57-35-19-30(16-32(51)21-35)44(63)55-38-10-6-8-28(23-49)42(38)67-4/h5-12,15-21,39-40H,13-14,22-23H2,1-4H3,(H,52,64)(H,53,65)(H,54,62)(H,55,63). The van der Waals surface area contributed by atoms with Crippen LogP contribution in [0.2, 0.25) is 10.0 Å². The second kappa shape index (κ2) is 24.4. The van der Waals surface area contributed by atoms with Crippen molar-refractivity contribution in [3.05, 3.63) is 129 Å². The number of nitrogens with zero attached hydrogens (tertiary/aromatic N) is 4. The van der Waals surface area contributed by atoms with Gasteiger partial charge >= 0.3 is 0 Å². The van der Waals surface area contributed by atoms with Gasteiger partial charge in [-0.25, -0.2) is 0 Å². The number of alkyl halides is 3. The summed E-state index contributed by atoms with van der Waals surface area (Å²) < 4.78 is 10.9. The van der Waals surface area contributed by atoms with Crippen molar-refractivity contribution in [3.63, 3.8) is 0 Å². The molecule has 5 aromatic rings. The number of anilines is 4. The first-order chi connectivity index (χ1) is 32.1. The summed E-state index contributed by atoms with van der Waals surface area (Å²) in [6.07, 6.45) is 0.202. The molecule has 0 aliphatic rings. The number of carbonyl (C=O) groups excluding carboxylic acids is 6. The molecule has 0 aliphatic carbocycles. The molecule has 0 saturated carbocycles. The lowest BCUT2D eigenvalue weighted by Crippen LogP contribution is -2.32. The molecule has 4 amide bonds. The minimum atomic E-state index is -1.62. The third-order valence-electron chi connectivity index (χ3n) is 9.51. The number of nitrogens with one attached hydrogen (secondary N) is 4. The highest BCUT2D eigenvalue weighted by Crippen LogP contribution is 2.33. The Morgan fingerprint density at radius 1 is 0.552 bits per heavy atom. The Morgan fingerprint density at radius 3 is 1.43 bits per heavy atom. The summed E-state index contributed by atoms with van der Waals surface area (Å²) in [5.41, 5.74) is 3.35. The van der Waals surface area contributed by atoms with Crippen molar-refractivity contribution < 1.29 is 38.2 Å². The Hall–Kier alpha value is -6.43. The van der Waals surface area contributed by atoms with Crippen molar-refractivity contribution in [2.75, 3.05) is 41.4 Å². The predicted molar refractivity (Wildman–Crippen MR) is 260 cm³/mol. The summed E-state index contributed by atoms with van der Waals surface area (Å²) in [7, 11) is 2.90. The monoisotopic (exact) mass is 1010 g/mol. The van der Waals surface area contributed by atoms with Crippen LogP contribution in [-0.4, -0.2) is 67.4 Å². The van der Waals surface area contributed by atoms with Crippen molar-refractivity contribution in [1.82, 2.24) is 0 Å². The maximum atomic E-state index is 13.5. The fraction of sp³-hybridized carbons (Fsp3) is 0.217. The minimum Gasteiger partial charge on any atom is -0.494 e. The Morgan fingerprint density at radius 2 is 1.01 bits per heavy atom. The molecule has 16 nitrogen and oxygen atoms in total. The Labute approximate surface area is 409 Å². The summed E-state index contributed by atoms with van der Waals surface area (Å²) in [6.45, 7) is 2.32. The molecular weight excluding hydrogens is 970 g/mol. The van der Waals surface area contributed by atoms with Crippen LogP contribution < -0.4 is 30.7 Å². The fourth-order valence-corrected chi connectivity index (χ4v) is 7.46. The number of Topliss-reactive ketones (excluding diaryl/α,β-unsaturated/α-hetero) is 2. The fourth-order valence-electron chi connectivity index (χ4n) is 6.37. The minimum absolute atomic E-state index is 0.0798. The molecular formula is C46H41Cl5N8O8. The van der Waals surface area contributed by atoms with E-state index in [2.05, 4.69) is 41.7 Å². The molecule has 0 heterocycles. The van der Waals surface area contributed by atoms with Gasteiger partial charge in [0.05, 0.1) is 48.7 Å². The first-order valence-electron chi connectivity index (χ1n) is 19.9. The average molecular weight is 1010 g/mol. The van der Waals surface area contributed by atoms with Gasteiger partial charge < -0.3 is 30.7 Å². The highest BCUT2D eigenvalue weighted by molar-refractivity contribution is 6.32. The predicted octanol–water partition coefficient (Wildman–Crippen LogP) is 11.1. The van der Waals surface area contributed by atoms with Crippen LogP contribution in [0.4, 0.5) is 34.1 Å². The van der Waals surface area contributed by atoms with Crippen LogP contribution in [-0.2, 0) is 37.4 Å². The van der Waals surface area contributed by atoms with E-state index in [0.717, 1.165) is 13.8 Å². The molecule has 348 valence electrons.